The highest BCUT2D eigenvalue weighted by Gasteiger charge is 2.26. The van der Waals surface area contributed by atoms with Crippen molar-refractivity contribution in [1.29, 1.82) is 0 Å². The van der Waals surface area contributed by atoms with E-state index in [9.17, 15) is 4.79 Å². The number of hydrogen-bond acceptors (Lipinski definition) is 3. The van der Waals surface area contributed by atoms with Gasteiger partial charge in [-0.25, -0.2) is 9.78 Å². The molecule has 2 heterocycles. The molecule has 0 bridgehead atoms. The Hall–Kier alpha value is -2.56. The smallest absolute Gasteiger partial charge is 0.371 e. The number of carboxylic acid groups (broad SMARTS) is 1. The van der Waals surface area contributed by atoms with E-state index in [-0.39, 0.29) is 5.76 Å². The Labute approximate surface area is 114 Å². The molecule has 0 spiro atoms. The summed E-state index contributed by atoms with van der Waals surface area (Å²) in [5.41, 5.74) is 2.74. The van der Waals surface area contributed by atoms with Crippen LogP contribution >= 0.6 is 0 Å². The van der Waals surface area contributed by atoms with Gasteiger partial charge in [0.1, 0.15) is 5.58 Å². The molecular formula is C15H12N2O3. The molecule has 5 heteroatoms. The second kappa shape index (κ2) is 3.96. The van der Waals surface area contributed by atoms with E-state index in [1.807, 2.05) is 16.8 Å². The Morgan fingerprint density at radius 1 is 1.35 bits per heavy atom. The molecule has 0 saturated heterocycles. The molecule has 2 aromatic heterocycles. The van der Waals surface area contributed by atoms with Crippen LogP contribution in [0.25, 0.3) is 16.7 Å². The van der Waals surface area contributed by atoms with Gasteiger partial charge >= 0.3 is 5.97 Å². The number of carbonyl (C=O) groups is 1. The summed E-state index contributed by atoms with van der Waals surface area (Å²) in [4.78, 5) is 15.1. The fourth-order valence-corrected chi connectivity index (χ4v) is 2.51. The van der Waals surface area contributed by atoms with E-state index in [0.29, 0.717) is 11.5 Å². The third-order valence-electron chi connectivity index (χ3n) is 3.68. The summed E-state index contributed by atoms with van der Waals surface area (Å²) in [6.07, 6.45) is 7.62. The van der Waals surface area contributed by atoms with Crippen LogP contribution in [0.3, 0.4) is 0 Å². The van der Waals surface area contributed by atoms with Crippen LogP contribution < -0.4 is 0 Å². The number of aromatic carboxylic acids is 1. The van der Waals surface area contributed by atoms with Gasteiger partial charge in [0.2, 0.25) is 5.76 Å². The van der Waals surface area contributed by atoms with Gasteiger partial charge in [0, 0.05) is 23.8 Å². The molecule has 1 aliphatic carbocycles. The Kier molecular flexibility index (Phi) is 2.24. The van der Waals surface area contributed by atoms with Crippen LogP contribution in [0.15, 0.2) is 41.3 Å². The summed E-state index contributed by atoms with van der Waals surface area (Å²) >= 11 is 0. The fourth-order valence-electron chi connectivity index (χ4n) is 2.51. The van der Waals surface area contributed by atoms with Gasteiger partial charge in [0.25, 0.3) is 0 Å². The molecule has 0 atom stereocenters. The van der Waals surface area contributed by atoms with Crippen molar-refractivity contribution in [3.63, 3.8) is 0 Å². The molecule has 20 heavy (non-hydrogen) atoms. The molecule has 3 aromatic rings. The van der Waals surface area contributed by atoms with Gasteiger partial charge in [-0.2, -0.15) is 0 Å². The van der Waals surface area contributed by atoms with Crippen LogP contribution in [0.1, 0.15) is 34.9 Å². The third kappa shape index (κ3) is 1.71. The predicted octanol–water partition coefficient (Wildman–Crippen LogP) is 3.19. The standard InChI is InChI=1S/C15H12N2O3/c18-15(19)14-7-11-12(17-4-3-16-8-17)5-10(9-1-2-9)6-13(11)20-14/h3-9H,1-2H2,(H,18,19). The van der Waals surface area contributed by atoms with Crippen LogP contribution in [0.2, 0.25) is 0 Å². The summed E-state index contributed by atoms with van der Waals surface area (Å²) in [5, 5.41) is 9.88. The molecule has 1 aromatic carbocycles. The number of imidazole rings is 1. The minimum Gasteiger partial charge on any atom is -0.475 e. The normalized spacial score (nSPS) is 14.8. The summed E-state index contributed by atoms with van der Waals surface area (Å²) in [6.45, 7) is 0. The van der Waals surface area contributed by atoms with Crippen LogP contribution in [-0.4, -0.2) is 20.6 Å². The molecule has 0 aliphatic heterocycles. The summed E-state index contributed by atoms with van der Waals surface area (Å²) in [6, 6.07) is 5.63. The number of aromatic nitrogens is 2. The minimum atomic E-state index is -1.05. The highest BCUT2D eigenvalue weighted by molar-refractivity contribution is 5.95. The molecule has 1 aliphatic rings. The number of furan rings is 1. The number of fused-ring (bicyclic) bond motifs is 1. The number of rotatable bonds is 3. The summed E-state index contributed by atoms with van der Waals surface area (Å²) < 4.78 is 7.34. The molecular weight excluding hydrogens is 256 g/mol. The van der Waals surface area contributed by atoms with Crippen molar-refractivity contribution < 1.29 is 14.3 Å². The summed E-state index contributed by atoms with van der Waals surface area (Å²) in [5.74, 6) is -0.514. The Balaban J connectivity index is 2.00. The van der Waals surface area contributed by atoms with Crippen LogP contribution in [0, 0.1) is 0 Å². The maximum atomic E-state index is 11.1. The number of carboxylic acids is 1. The zero-order valence-corrected chi connectivity index (χ0v) is 10.6. The van der Waals surface area contributed by atoms with Crippen molar-refractivity contribution in [1.82, 2.24) is 9.55 Å². The lowest BCUT2D eigenvalue weighted by atomic mass is 10.1. The average Bonchev–Trinajstić information content (AvgIpc) is 2.99. The highest BCUT2D eigenvalue weighted by atomic mass is 16.4. The first-order valence-corrected chi connectivity index (χ1v) is 6.51. The first kappa shape index (κ1) is 11.3. The quantitative estimate of drug-likeness (QED) is 0.792. The third-order valence-corrected chi connectivity index (χ3v) is 3.68. The first-order chi connectivity index (χ1) is 9.72. The molecule has 100 valence electrons. The van der Waals surface area contributed by atoms with Crippen molar-refractivity contribution in [3.8, 4) is 5.69 Å². The molecule has 5 nitrogen and oxygen atoms in total. The predicted molar refractivity (Wildman–Crippen MR) is 72.3 cm³/mol. The number of benzene rings is 1. The van der Waals surface area contributed by atoms with Gasteiger partial charge in [0.15, 0.2) is 0 Å². The Morgan fingerprint density at radius 2 is 2.20 bits per heavy atom. The lowest BCUT2D eigenvalue weighted by Gasteiger charge is -2.06. The lowest BCUT2D eigenvalue weighted by molar-refractivity contribution is 0.0665. The molecule has 1 saturated carbocycles. The van der Waals surface area contributed by atoms with Crippen molar-refractivity contribution in [2.24, 2.45) is 0 Å². The molecule has 0 radical (unpaired) electrons. The fraction of sp³-hybridized carbons (Fsp3) is 0.200. The Morgan fingerprint density at radius 3 is 2.85 bits per heavy atom. The molecule has 0 amide bonds. The average molecular weight is 268 g/mol. The first-order valence-electron chi connectivity index (χ1n) is 6.51. The van der Waals surface area contributed by atoms with Gasteiger partial charge in [-0.1, -0.05) is 0 Å². The van der Waals surface area contributed by atoms with Crippen LogP contribution in [0.4, 0.5) is 0 Å². The summed E-state index contributed by atoms with van der Waals surface area (Å²) in [7, 11) is 0. The van der Waals surface area contributed by atoms with E-state index in [0.717, 1.165) is 11.1 Å². The van der Waals surface area contributed by atoms with Crippen molar-refractivity contribution in [3.05, 3.63) is 48.2 Å². The second-order valence-electron chi connectivity index (χ2n) is 5.11. The lowest BCUT2D eigenvalue weighted by Crippen LogP contribution is -1.93. The monoisotopic (exact) mass is 268 g/mol. The van der Waals surface area contributed by atoms with E-state index in [4.69, 9.17) is 9.52 Å². The molecule has 4 rings (SSSR count). The largest absolute Gasteiger partial charge is 0.475 e. The maximum absolute atomic E-state index is 11.1. The number of nitrogens with zero attached hydrogens (tertiary/aromatic N) is 2. The molecule has 1 N–H and O–H groups in total. The van der Waals surface area contributed by atoms with Crippen molar-refractivity contribution >= 4 is 16.9 Å². The van der Waals surface area contributed by atoms with E-state index >= 15 is 0 Å². The topological polar surface area (TPSA) is 68.3 Å². The van der Waals surface area contributed by atoms with Gasteiger partial charge in [0.05, 0.1) is 12.0 Å². The van der Waals surface area contributed by atoms with E-state index in [2.05, 4.69) is 11.1 Å². The van der Waals surface area contributed by atoms with Gasteiger partial charge in [-0.3, -0.25) is 0 Å². The maximum Gasteiger partial charge on any atom is 0.371 e. The van der Waals surface area contributed by atoms with E-state index in [1.54, 1.807) is 18.6 Å². The zero-order chi connectivity index (χ0) is 13.7. The van der Waals surface area contributed by atoms with Gasteiger partial charge in [-0.05, 0) is 36.5 Å². The zero-order valence-electron chi connectivity index (χ0n) is 10.6. The SMILES string of the molecule is O=C(O)c1cc2c(-n3ccnc3)cc(C3CC3)cc2o1. The number of hydrogen-bond donors (Lipinski definition) is 1. The van der Waals surface area contributed by atoms with Crippen molar-refractivity contribution in [2.45, 2.75) is 18.8 Å². The Bertz CT molecular complexity index is 798. The van der Waals surface area contributed by atoms with Crippen LogP contribution in [0.5, 0.6) is 0 Å². The van der Waals surface area contributed by atoms with Gasteiger partial charge in [-0.15, -0.1) is 0 Å². The van der Waals surface area contributed by atoms with Crippen LogP contribution in [-0.2, 0) is 0 Å². The highest BCUT2D eigenvalue weighted by Crippen LogP contribution is 2.42. The molecule has 1 fully saturated rings. The minimum absolute atomic E-state index is 0.0330. The molecule has 0 unspecified atom stereocenters. The van der Waals surface area contributed by atoms with E-state index in [1.165, 1.54) is 18.4 Å². The van der Waals surface area contributed by atoms with E-state index < -0.39 is 5.97 Å². The second-order valence-corrected chi connectivity index (χ2v) is 5.11. The van der Waals surface area contributed by atoms with Crippen molar-refractivity contribution in [2.75, 3.05) is 0 Å². The van der Waals surface area contributed by atoms with Gasteiger partial charge < -0.3 is 14.1 Å².